The molecule has 0 aliphatic carbocycles. The molecule has 186 valence electrons. The van der Waals surface area contributed by atoms with Crippen molar-refractivity contribution in [2.75, 3.05) is 23.4 Å². The predicted octanol–water partition coefficient (Wildman–Crippen LogP) is 1.71. The van der Waals surface area contributed by atoms with E-state index >= 15 is 0 Å². The lowest BCUT2D eigenvalue weighted by atomic mass is 9.76. The zero-order valence-electron chi connectivity index (χ0n) is 18.7. The van der Waals surface area contributed by atoms with Crippen molar-refractivity contribution in [1.82, 2.24) is 9.29 Å². The summed E-state index contributed by atoms with van der Waals surface area (Å²) in [7, 11) is -5.88. The second-order valence-electron chi connectivity index (χ2n) is 8.62. The first-order chi connectivity index (χ1) is 16.4. The molecular weight excluding hydrogens is 499 g/mol. The third kappa shape index (κ3) is 4.56. The molecule has 2 aliphatic rings. The number of nitriles is 1. The largest absolute Gasteiger partial charge is 0.488 e. The highest BCUT2D eigenvalue weighted by Crippen LogP contribution is 2.41. The second-order valence-corrected chi connectivity index (χ2v) is 12.6. The van der Waals surface area contributed by atoms with Crippen LogP contribution in [-0.4, -0.2) is 51.5 Å². The van der Waals surface area contributed by atoms with Crippen LogP contribution in [0.15, 0.2) is 41.9 Å². The normalized spacial score (nSPS) is 22.0. The molecule has 1 saturated heterocycles. The number of ether oxygens (including phenoxy) is 1. The Labute approximate surface area is 202 Å². The van der Waals surface area contributed by atoms with E-state index in [1.54, 1.807) is 12.1 Å². The van der Waals surface area contributed by atoms with Gasteiger partial charge in [-0.25, -0.2) is 25.9 Å². The van der Waals surface area contributed by atoms with Gasteiger partial charge in [-0.2, -0.15) is 5.26 Å². The van der Waals surface area contributed by atoms with Crippen LogP contribution in [0.5, 0.6) is 5.75 Å². The van der Waals surface area contributed by atoms with Crippen molar-refractivity contribution in [3.63, 3.8) is 0 Å². The molecule has 1 fully saturated rings. The Balaban J connectivity index is 1.66. The maximum Gasteiger partial charge on any atom is 0.276 e. The van der Waals surface area contributed by atoms with Crippen molar-refractivity contribution in [2.45, 2.75) is 23.8 Å². The second kappa shape index (κ2) is 8.78. The van der Waals surface area contributed by atoms with Crippen LogP contribution in [0.3, 0.4) is 0 Å². The molecule has 0 spiro atoms. The summed E-state index contributed by atoms with van der Waals surface area (Å²) in [5.74, 6) is -1.82. The summed E-state index contributed by atoms with van der Waals surface area (Å²) in [6.45, 7) is 3.66. The van der Waals surface area contributed by atoms with Gasteiger partial charge in [0.05, 0.1) is 23.1 Å². The number of hydrogen-bond acceptors (Lipinski definition) is 7. The summed E-state index contributed by atoms with van der Waals surface area (Å²) in [4.78, 5) is 12.8. The van der Waals surface area contributed by atoms with E-state index < -0.39 is 43.0 Å². The Bertz CT molecular complexity index is 1460. The monoisotopic (exact) mass is 522 g/mol. The van der Waals surface area contributed by atoms with Gasteiger partial charge >= 0.3 is 0 Å². The molecule has 2 aliphatic heterocycles. The molecule has 35 heavy (non-hydrogen) atoms. The van der Waals surface area contributed by atoms with E-state index in [0.717, 1.165) is 12.1 Å². The molecule has 3 heterocycles. The van der Waals surface area contributed by atoms with Crippen molar-refractivity contribution in [1.29, 1.82) is 5.26 Å². The van der Waals surface area contributed by atoms with Crippen LogP contribution >= 0.6 is 0 Å². The summed E-state index contributed by atoms with van der Waals surface area (Å²) < 4.78 is 73.8. The highest BCUT2D eigenvalue weighted by Gasteiger charge is 2.46. The number of fused-ring (bicyclic) bond motifs is 1. The summed E-state index contributed by atoms with van der Waals surface area (Å²) in [5.41, 5.74) is -1.05. The highest BCUT2D eigenvalue weighted by molar-refractivity contribution is 7.91. The Morgan fingerprint density at radius 3 is 2.66 bits per heavy atom. The Hall–Kier alpha value is -3.21. The number of rotatable bonds is 4. The number of aromatic nitrogens is 1. The summed E-state index contributed by atoms with van der Waals surface area (Å²) >= 11 is 0. The lowest BCUT2D eigenvalue weighted by molar-refractivity contribution is 0.101. The smallest absolute Gasteiger partial charge is 0.276 e. The maximum atomic E-state index is 13.6. The number of sulfonamides is 1. The minimum absolute atomic E-state index is 0.0901. The number of amides is 1. The first kappa shape index (κ1) is 24.9. The van der Waals surface area contributed by atoms with Gasteiger partial charge in [0.1, 0.15) is 33.2 Å². The van der Waals surface area contributed by atoms with Gasteiger partial charge in [0, 0.05) is 24.3 Å². The van der Waals surface area contributed by atoms with Gasteiger partial charge in [0.15, 0.2) is 11.4 Å². The summed E-state index contributed by atoms with van der Waals surface area (Å²) in [6, 6.07) is 4.35. The number of nitrogens with one attached hydrogen (secondary N) is 2. The van der Waals surface area contributed by atoms with Crippen LogP contribution in [0.4, 0.5) is 10.1 Å². The fraction of sp³-hybridized carbons (Fsp3) is 0.364. The topological polar surface area (TPSA) is 147 Å². The Morgan fingerprint density at radius 2 is 2.03 bits per heavy atom. The van der Waals surface area contributed by atoms with E-state index in [-0.39, 0.29) is 58.5 Å². The molecule has 1 amide bonds. The molecule has 2 aromatic rings. The van der Waals surface area contributed by atoms with Gasteiger partial charge in [-0.15, -0.1) is 6.58 Å². The summed E-state index contributed by atoms with van der Waals surface area (Å²) in [5, 5.41) is 11.5. The first-order valence-corrected chi connectivity index (χ1v) is 13.9. The van der Waals surface area contributed by atoms with Crippen LogP contribution in [0.25, 0.3) is 0 Å². The number of aryl methyl sites for hydroxylation is 1. The third-order valence-corrected chi connectivity index (χ3v) is 9.62. The molecule has 2 N–H and O–H groups in total. The lowest BCUT2D eigenvalue weighted by Crippen LogP contribution is -2.52. The SMILES string of the molecule is C=CC1([C@H]2COc3c(cn(C)c3C(=O)Nc3ccc(F)c(C#N)c3)S(=O)(=O)N2)CCS(=O)(=O)CC1. The molecule has 0 saturated carbocycles. The molecular formula is C22H23FN4O6S2. The molecule has 0 bridgehead atoms. The van der Waals surface area contributed by atoms with E-state index in [1.807, 2.05) is 0 Å². The molecule has 1 aromatic heterocycles. The number of anilines is 1. The Kier molecular flexibility index (Phi) is 6.25. The zero-order chi connectivity index (χ0) is 25.6. The Morgan fingerprint density at radius 1 is 1.34 bits per heavy atom. The van der Waals surface area contributed by atoms with E-state index in [4.69, 9.17) is 10.00 Å². The van der Waals surface area contributed by atoms with Crippen LogP contribution < -0.4 is 14.8 Å². The van der Waals surface area contributed by atoms with Gasteiger partial charge in [-0.1, -0.05) is 6.08 Å². The van der Waals surface area contributed by atoms with Crippen molar-refractivity contribution in [2.24, 2.45) is 12.5 Å². The van der Waals surface area contributed by atoms with Crippen LogP contribution in [-0.2, 0) is 26.9 Å². The average Bonchev–Trinajstić information content (AvgIpc) is 3.09. The van der Waals surface area contributed by atoms with Crippen LogP contribution in [0.2, 0.25) is 0 Å². The number of halogens is 1. The number of carbonyl (C=O) groups excluding carboxylic acids is 1. The van der Waals surface area contributed by atoms with Crippen LogP contribution in [0, 0.1) is 22.6 Å². The third-order valence-electron chi connectivity index (χ3n) is 6.50. The number of sulfone groups is 1. The van der Waals surface area contributed by atoms with Crippen molar-refractivity contribution >= 4 is 31.5 Å². The average molecular weight is 523 g/mol. The molecule has 10 nitrogen and oxygen atoms in total. The fourth-order valence-electron chi connectivity index (χ4n) is 4.40. The molecule has 0 radical (unpaired) electrons. The van der Waals surface area contributed by atoms with Crippen molar-refractivity contribution in [3.8, 4) is 11.8 Å². The van der Waals surface area contributed by atoms with E-state index in [9.17, 15) is 26.0 Å². The minimum Gasteiger partial charge on any atom is -0.488 e. The first-order valence-electron chi connectivity index (χ1n) is 10.6. The lowest BCUT2D eigenvalue weighted by Gasteiger charge is -2.40. The van der Waals surface area contributed by atoms with Gasteiger partial charge in [-0.05, 0) is 31.0 Å². The van der Waals surface area contributed by atoms with Gasteiger partial charge in [0.25, 0.3) is 5.91 Å². The van der Waals surface area contributed by atoms with E-state index in [0.29, 0.717) is 0 Å². The highest BCUT2D eigenvalue weighted by atomic mass is 32.2. The van der Waals surface area contributed by atoms with Crippen molar-refractivity contribution in [3.05, 3.63) is 54.1 Å². The van der Waals surface area contributed by atoms with Gasteiger partial charge in [-0.3, -0.25) is 4.79 Å². The van der Waals surface area contributed by atoms with E-state index in [1.165, 1.54) is 23.9 Å². The summed E-state index contributed by atoms with van der Waals surface area (Å²) in [6.07, 6.45) is 3.19. The minimum atomic E-state index is -4.14. The van der Waals surface area contributed by atoms with Crippen LogP contribution in [0.1, 0.15) is 28.9 Å². The number of carbonyl (C=O) groups is 1. The standard InChI is InChI=1S/C22H23FN4O6S2/c1-3-22(6-8-34(29,30)9-7-22)18-13-33-20-17(35(31,32)26-18)12-27(2)19(20)21(28)25-15-4-5-16(23)14(10-15)11-24/h3-5,10,12,18,26H,1,6-9,13H2,2H3,(H,25,28)/t18-/m1/s1. The number of nitrogens with zero attached hydrogens (tertiary/aromatic N) is 2. The molecule has 13 heteroatoms. The van der Waals surface area contributed by atoms with Gasteiger partial charge in [0.2, 0.25) is 10.0 Å². The maximum absolute atomic E-state index is 13.6. The van der Waals surface area contributed by atoms with Gasteiger partial charge < -0.3 is 14.6 Å². The predicted molar refractivity (Wildman–Crippen MR) is 125 cm³/mol. The molecule has 1 atom stereocenters. The van der Waals surface area contributed by atoms with E-state index in [2.05, 4.69) is 16.6 Å². The quantitative estimate of drug-likeness (QED) is 0.581. The number of benzene rings is 1. The van der Waals surface area contributed by atoms with Crippen molar-refractivity contribution < 1.29 is 30.8 Å². The molecule has 0 unspecified atom stereocenters. The zero-order valence-corrected chi connectivity index (χ0v) is 20.4. The molecule has 1 aromatic carbocycles. The fourth-order valence-corrected chi connectivity index (χ4v) is 7.48. The molecule has 4 rings (SSSR count). The number of hydrogen-bond donors (Lipinski definition) is 2.